The predicted molar refractivity (Wildman–Crippen MR) is 41.5 cm³/mol. The Labute approximate surface area is 71.9 Å². The van der Waals surface area contributed by atoms with Crippen LogP contribution >= 0.6 is 0 Å². The molecule has 0 aromatic carbocycles. The minimum Gasteiger partial charge on any atom is -0.374 e. The summed E-state index contributed by atoms with van der Waals surface area (Å²) in [6.45, 7) is 2.28. The largest absolute Gasteiger partial charge is 0.374 e. The second-order valence-electron chi connectivity index (χ2n) is 2.08. The van der Waals surface area contributed by atoms with Gasteiger partial charge in [0.25, 0.3) is 0 Å². The number of hydrogen-bond donors (Lipinski definition) is 2. The monoisotopic (exact) mass is 180 g/mol. The third-order valence-electron chi connectivity index (χ3n) is 1.19. The molecule has 0 aliphatic rings. The second-order valence-corrected chi connectivity index (χ2v) is 2.08. The highest BCUT2D eigenvalue weighted by atomic mass is 16.6. The smallest absolute Gasteiger partial charge is 0.143 e. The van der Waals surface area contributed by atoms with Gasteiger partial charge < -0.3 is 24.4 Å². The molecule has 0 radical (unpaired) electrons. The number of aliphatic hydroxyl groups excluding tert-OH is 2. The van der Waals surface area contributed by atoms with Gasteiger partial charge in [0.15, 0.2) is 0 Å². The van der Waals surface area contributed by atoms with Gasteiger partial charge in [-0.3, -0.25) is 0 Å². The van der Waals surface area contributed by atoms with Crippen LogP contribution in [0.15, 0.2) is 0 Å². The van der Waals surface area contributed by atoms with Gasteiger partial charge in [-0.25, -0.2) is 0 Å². The lowest BCUT2D eigenvalue weighted by atomic mass is 10.4. The van der Waals surface area contributed by atoms with E-state index in [1.54, 1.807) is 0 Å². The summed E-state index contributed by atoms with van der Waals surface area (Å²) in [6.07, 6.45) is -0.228. The van der Waals surface area contributed by atoms with E-state index < -0.39 is 0 Å². The van der Waals surface area contributed by atoms with Gasteiger partial charge in [0, 0.05) is 6.61 Å². The van der Waals surface area contributed by atoms with Crippen molar-refractivity contribution in [3.63, 3.8) is 0 Å². The van der Waals surface area contributed by atoms with Crippen molar-refractivity contribution in [3.05, 3.63) is 0 Å². The van der Waals surface area contributed by atoms with E-state index in [2.05, 4.69) is 0 Å². The van der Waals surface area contributed by atoms with Crippen molar-refractivity contribution in [2.45, 2.75) is 13.0 Å². The standard InChI is InChI=1S/C7H16O5/c1-2-12-7(3-10-5-8)4-11-6-9/h7-9H,2-6H2,1H3. The number of ether oxygens (including phenoxy) is 3. The molecule has 0 unspecified atom stereocenters. The Bertz CT molecular complexity index is 79.9. The highest BCUT2D eigenvalue weighted by Crippen LogP contribution is 1.94. The van der Waals surface area contributed by atoms with E-state index in [0.29, 0.717) is 6.61 Å². The molecule has 12 heavy (non-hydrogen) atoms. The lowest BCUT2D eigenvalue weighted by Crippen LogP contribution is -2.26. The van der Waals surface area contributed by atoms with Crippen molar-refractivity contribution in [3.8, 4) is 0 Å². The minimum absolute atomic E-state index is 0.228. The molecule has 2 N–H and O–H groups in total. The van der Waals surface area contributed by atoms with Crippen molar-refractivity contribution >= 4 is 0 Å². The molecule has 0 saturated heterocycles. The fourth-order valence-corrected chi connectivity index (χ4v) is 0.748. The van der Waals surface area contributed by atoms with Gasteiger partial charge in [0.1, 0.15) is 19.7 Å². The first-order valence-electron chi connectivity index (χ1n) is 3.84. The van der Waals surface area contributed by atoms with Gasteiger partial charge in [0.05, 0.1) is 13.2 Å². The summed E-state index contributed by atoms with van der Waals surface area (Å²) in [5.41, 5.74) is 0. The van der Waals surface area contributed by atoms with Crippen molar-refractivity contribution < 1.29 is 24.4 Å². The Kier molecular flexibility index (Phi) is 8.74. The summed E-state index contributed by atoms with van der Waals surface area (Å²) in [5.74, 6) is 0. The number of hydrogen-bond acceptors (Lipinski definition) is 5. The van der Waals surface area contributed by atoms with Crippen molar-refractivity contribution in [1.29, 1.82) is 0 Å². The van der Waals surface area contributed by atoms with Crippen LogP contribution in [0.4, 0.5) is 0 Å². The van der Waals surface area contributed by atoms with E-state index in [9.17, 15) is 0 Å². The maximum absolute atomic E-state index is 8.34. The quantitative estimate of drug-likeness (QED) is 0.485. The molecule has 0 aromatic rings. The van der Waals surface area contributed by atoms with E-state index in [0.717, 1.165) is 0 Å². The number of aliphatic hydroxyl groups is 2. The molecule has 0 heterocycles. The summed E-state index contributed by atoms with van der Waals surface area (Å²) in [7, 11) is 0. The van der Waals surface area contributed by atoms with Crippen LogP contribution in [0.2, 0.25) is 0 Å². The fourth-order valence-electron chi connectivity index (χ4n) is 0.748. The van der Waals surface area contributed by atoms with Gasteiger partial charge >= 0.3 is 0 Å². The topological polar surface area (TPSA) is 68.2 Å². The molecule has 5 heteroatoms. The molecule has 0 rings (SSSR count). The summed E-state index contributed by atoms with van der Waals surface area (Å²) < 4.78 is 14.6. The lowest BCUT2D eigenvalue weighted by molar-refractivity contribution is -0.106. The average molecular weight is 180 g/mol. The summed E-state index contributed by atoms with van der Waals surface area (Å²) in [4.78, 5) is 0. The fraction of sp³-hybridized carbons (Fsp3) is 1.00. The zero-order valence-corrected chi connectivity index (χ0v) is 7.23. The molecular weight excluding hydrogens is 164 g/mol. The first-order chi connectivity index (χ1) is 5.85. The maximum Gasteiger partial charge on any atom is 0.143 e. The van der Waals surface area contributed by atoms with Crippen LogP contribution in [0.25, 0.3) is 0 Å². The molecule has 0 atom stereocenters. The molecule has 0 saturated carbocycles. The van der Waals surface area contributed by atoms with Crippen LogP contribution < -0.4 is 0 Å². The summed E-state index contributed by atoms with van der Waals surface area (Å²) in [5, 5.41) is 16.7. The van der Waals surface area contributed by atoms with Gasteiger partial charge in [-0.1, -0.05) is 0 Å². The minimum atomic E-state index is -0.331. The Morgan fingerprint density at radius 3 is 1.92 bits per heavy atom. The third-order valence-corrected chi connectivity index (χ3v) is 1.19. The molecule has 0 fully saturated rings. The van der Waals surface area contributed by atoms with E-state index in [1.165, 1.54) is 0 Å². The SMILES string of the molecule is CCOC(COCO)COCO. The number of rotatable bonds is 8. The Hall–Kier alpha value is -0.200. The van der Waals surface area contributed by atoms with Gasteiger partial charge in [-0.2, -0.15) is 0 Å². The van der Waals surface area contributed by atoms with Crippen LogP contribution in [0.3, 0.4) is 0 Å². The zero-order valence-electron chi connectivity index (χ0n) is 7.23. The van der Waals surface area contributed by atoms with Gasteiger partial charge in [-0.15, -0.1) is 0 Å². The van der Waals surface area contributed by atoms with Crippen LogP contribution in [-0.2, 0) is 14.2 Å². The van der Waals surface area contributed by atoms with E-state index in [1.807, 2.05) is 6.92 Å². The van der Waals surface area contributed by atoms with E-state index in [4.69, 9.17) is 24.4 Å². The molecule has 0 bridgehead atoms. The average Bonchev–Trinajstić information content (AvgIpc) is 2.10. The Morgan fingerprint density at radius 1 is 1.08 bits per heavy atom. The molecule has 74 valence electrons. The second kappa shape index (κ2) is 8.89. The molecular formula is C7H16O5. The normalized spacial score (nSPS) is 11.0. The predicted octanol–water partition coefficient (Wildman–Crippen LogP) is -0.676. The Morgan fingerprint density at radius 2 is 1.58 bits per heavy atom. The first-order valence-corrected chi connectivity index (χ1v) is 3.84. The molecule has 0 aromatic heterocycles. The molecule has 5 nitrogen and oxygen atoms in total. The zero-order chi connectivity index (χ0) is 9.23. The van der Waals surface area contributed by atoms with Gasteiger partial charge in [-0.05, 0) is 6.92 Å². The van der Waals surface area contributed by atoms with Crippen molar-refractivity contribution in [2.75, 3.05) is 33.4 Å². The lowest BCUT2D eigenvalue weighted by Gasteiger charge is -2.15. The highest BCUT2D eigenvalue weighted by Gasteiger charge is 2.07. The third kappa shape index (κ3) is 6.51. The van der Waals surface area contributed by atoms with Crippen LogP contribution in [0.1, 0.15) is 6.92 Å². The van der Waals surface area contributed by atoms with Crippen molar-refractivity contribution in [1.82, 2.24) is 0 Å². The summed E-state index contributed by atoms with van der Waals surface area (Å²) >= 11 is 0. The maximum atomic E-state index is 8.34. The van der Waals surface area contributed by atoms with E-state index in [-0.39, 0.29) is 32.9 Å². The first kappa shape index (κ1) is 11.8. The molecule has 0 spiro atoms. The molecule has 0 aliphatic heterocycles. The molecule has 0 amide bonds. The highest BCUT2D eigenvalue weighted by molar-refractivity contribution is 4.53. The van der Waals surface area contributed by atoms with Crippen LogP contribution in [-0.4, -0.2) is 49.7 Å². The van der Waals surface area contributed by atoms with Gasteiger partial charge in [0.2, 0.25) is 0 Å². The Balaban J connectivity index is 3.40. The van der Waals surface area contributed by atoms with Crippen molar-refractivity contribution in [2.24, 2.45) is 0 Å². The van der Waals surface area contributed by atoms with Crippen LogP contribution in [0, 0.1) is 0 Å². The van der Waals surface area contributed by atoms with Crippen LogP contribution in [0.5, 0.6) is 0 Å². The molecule has 0 aliphatic carbocycles. The van der Waals surface area contributed by atoms with E-state index >= 15 is 0 Å². The summed E-state index contributed by atoms with van der Waals surface area (Å²) in [6, 6.07) is 0.